The maximum atomic E-state index is 11.5. The topological polar surface area (TPSA) is 96.2 Å². The van der Waals surface area contributed by atoms with E-state index in [1.807, 2.05) is 13.8 Å². The Hall–Kier alpha value is -1.96. The van der Waals surface area contributed by atoms with Crippen molar-refractivity contribution in [3.8, 4) is 11.4 Å². The molecule has 0 bridgehead atoms. The summed E-state index contributed by atoms with van der Waals surface area (Å²) in [5.74, 6) is 7.04. The van der Waals surface area contributed by atoms with E-state index in [9.17, 15) is 4.79 Å². The molecule has 7 nitrogen and oxygen atoms in total. The normalized spacial score (nSPS) is 10.8. The average molecular weight is 310 g/mol. The molecular weight excluding hydrogens is 292 g/mol. The Morgan fingerprint density at radius 3 is 3.00 bits per heavy atom. The van der Waals surface area contributed by atoms with Crippen molar-refractivity contribution in [1.82, 2.24) is 14.9 Å². The van der Waals surface area contributed by atoms with Crippen molar-refractivity contribution in [2.24, 2.45) is 0 Å². The molecule has 0 saturated carbocycles. The highest BCUT2D eigenvalue weighted by Gasteiger charge is 2.16. The second kappa shape index (κ2) is 7.16. The number of ether oxygens (including phenoxy) is 1. The van der Waals surface area contributed by atoms with Crippen molar-refractivity contribution in [2.75, 3.05) is 18.2 Å². The number of carbonyl (C=O) groups excluding carboxylic acids is 1. The van der Waals surface area contributed by atoms with Crippen LogP contribution >= 0.6 is 11.8 Å². The predicted molar refractivity (Wildman–Crippen MR) is 79.2 cm³/mol. The number of aryl methyl sites for hydroxylation is 1. The molecule has 0 spiro atoms. The first-order chi connectivity index (χ1) is 10.1. The molecule has 0 amide bonds. The number of hydrogen-bond donors (Lipinski definition) is 1. The number of rotatable bonds is 7. The molecule has 2 aromatic heterocycles. The monoisotopic (exact) mass is 310 g/mol. The minimum atomic E-state index is -0.280. The van der Waals surface area contributed by atoms with Crippen LogP contribution in [0, 0.1) is 6.92 Å². The fourth-order valence-electron chi connectivity index (χ4n) is 1.67. The van der Waals surface area contributed by atoms with E-state index >= 15 is 0 Å². The van der Waals surface area contributed by atoms with Crippen LogP contribution in [0.4, 0.5) is 0 Å². The molecule has 8 heteroatoms. The standard InChI is InChI=1S/C13H18N4O3S/c1-3-4-6-20-11(18)8-21-13-16-15-12(17(13)14)10-5-7-19-9(10)2/h5,7H,3-4,6,8,14H2,1-2H3. The molecule has 0 aliphatic carbocycles. The van der Waals surface area contributed by atoms with E-state index in [0.717, 1.165) is 18.4 Å². The van der Waals surface area contributed by atoms with E-state index in [1.54, 1.807) is 12.3 Å². The zero-order chi connectivity index (χ0) is 15.2. The Kier molecular flexibility index (Phi) is 5.26. The number of aromatic nitrogens is 3. The number of carbonyl (C=O) groups is 1. The van der Waals surface area contributed by atoms with Crippen LogP contribution in [0.25, 0.3) is 11.4 Å². The lowest BCUT2D eigenvalue weighted by Gasteiger charge is -2.04. The van der Waals surface area contributed by atoms with Gasteiger partial charge in [0.25, 0.3) is 0 Å². The number of nitrogen functional groups attached to an aromatic ring is 1. The highest BCUT2D eigenvalue weighted by atomic mass is 32.2. The number of thioether (sulfide) groups is 1. The molecule has 0 aromatic carbocycles. The highest BCUT2D eigenvalue weighted by Crippen LogP contribution is 2.24. The third-order valence-corrected chi connectivity index (χ3v) is 3.76. The molecule has 0 unspecified atom stereocenters. The van der Waals surface area contributed by atoms with Gasteiger partial charge in [0.2, 0.25) is 5.16 Å². The van der Waals surface area contributed by atoms with E-state index in [-0.39, 0.29) is 11.7 Å². The molecule has 0 aliphatic heterocycles. The smallest absolute Gasteiger partial charge is 0.316 e. The van der Waals surface area contributed by atoms with Gasteiger partial charge in [-0.3, -0.25) is 4.79 Å². The summed E-state index contributed by atoms with van der Waals surface area (Å²) < 4.78 is 11.6. The highest BCUT2D eigenvalue weighted by molar-refractivity contribution is 7.99. The fraction of sp³-hybridized carbons (Fsp3) is 0.462. The summed E-state index contributed by atoms with van der Waals surface area (Å²) in [4.78, 5) is 11.5. The fourth-order valence-corrected chi connectivity index (χ4v) is 2.33. The van der Waals surface area contributed by atoms with Gasteiger partial charge in [0.1, 0.15) is 5.76 Å². The van der Waals surface area contributed by atoms with Gasteiger partial charge in [-0.2, -0.15) is 0 Å². The van der Waals surface area contributed by atoms with Gasteiger partial charge in [0, 0.05) is 0 Å². The molecule has 2 rings (SSSR count). The van der Waals surface area contributed by atoms with Gasteiger partial charge in [-0.25, -0.2) is 4.68 Å². The van der Waals surface area contributed by atoms with Crippen molar-refractivity contribution in [3.05, 3.63) is 18.1 Å². The summed E-state index contributed by atoms with van der Waals surface area (Å²) in [5, 5.41) is 8.47. The van der Waals surface area contributed by atoms with Crippen molar-refractivity contribution in [3.63, 3.8) is 0 Å². The van der Waals surface area contributed by atoms with Crippen LogP contribution in [-0.4, -0.2) is 33.2 Å². The van der Waals surface area contributed by atoms with E-state index in [1.165, 1.54) is 16.4 Å². The third-order valence-electron chi connectivity index (χ3n) is 2.84. The van der Waals surface area contributed by atoms with Crippen LogP contribution in [0.2, 0.25) is 0 Å². The number of esters is 1. The molecule has 0 radical (unpaired) electrons. The van der Waals surface area contributed by atoms with E-state index in [4.69, 9.17) is 15.0 Å². The van der Waals surface area contributed by atoms with Gasteiger partial charge in [-0.1, -0.05) is 25.1 Å². The van der Waals surface area contributed by atoms with Crippen molar-refractivity contribution >= 4 is 17.7 Å². The van der Waals surface area contributed by atoms with Gasteiger partial charge in [-0.15, -0.1) is 10.2 Å². The molecule has 2 aromatic rings. The van der Waals surface area contributed by atoms with Gasteiger partial charge < -0.3 is 15.0 Å². The first kappa shape index (κ1) is 15.4. The molecule has 114 valence electrons. The second-order valence-electron chi connectivity index (χ2n) is 4.43. The van der Waals surface area contributed by atoms with Crippen LogP contribution in [0.15, 0.2) is 21.9 Å². The SMILES string of the molecule is CCCCOC(=O)CSc1nnc(-c2ccoc2C)n1N. The predicted octanol–water partition coefficient (Wildman–Crippen LogP) is 2.00. The summed E-state index contributed by atoms with van der Waals surface area (Å²) in [5.41, 5.74) is 0.780. The minimum absolute atomic E-state index is 0.156. The summed E-state index contributed by atoms with van der Waals surface area (Å²) in [7, 11) is 0. The lowest BCUT2D eigenvalue weighted by molar-refractivity contribution is -0.140. The number of hydrogen-bond acceptors (Lipinski definition) is 7. The Labute approximate surface area is 126 Å². The number of nitrogens with two attached hydrogens (primary N) is 1. The lowest BCUT2D eigenvalue weighted by Crippen LogP contribution is -2.13. The molecule has 0 atom stereocenters. The zero-order valence-electron chi connectivity index (χ0n) is 12.0. The maximum Gasteiger partial charge on any atom is 0.316 e. The number of unbranched alkanes of at least 4 members (excludes halogenated alkanes) is 1. The van der Waals surface area contributed by atoms with E-state index in [0.29, 0.717) is 23.3 Å². The average Bonchev–Trinajstić information content (AvgIpc) is 3.03. The van der Waals surface area contributed by atoms with Crippen LogP contribution in [0.5, 0.6) is 0 Å². The minimum Gasteiger partial charge on any atom is -0.469 e. The quantitative estimate of drug-likeness (QED) is 0.361. The Morgan fingerprint density at radius 2 is 2.33 bits per heavy atom. The lowest BCUT2D eigenvalue weighted by atomic mass is 10.2. The molecule has 2 heterocycles. The summed E-state index contributed by atoms with van der Waals surface area (Å²) in [6, 6.07) is 1.77. The zero-order valence-corrected chi connectivity index (χ0v) is 12.9. The largest absolute Gasteiger partial charge is 0.469 e. The molecule has 21 heavy (non-hydrogen) atoms. The molecular formula is C13H18N4O3S. The maximum absolute atomic E-state index is 11.5. The van der Waals surface area contributed by atoms with E-state index in [2.05, 4.69) is 10.2 Å². The Morgan fingerprint density at radius 1 is 1.52 bits per heavy atom. The Balaban J connectivity index is 1.95. The Bertz CT molecular complexity index is 608. The van der Waals surface area contributed by atoms with E-state index < -0.39 is 0 Å². The van der Waals surface area contributed by atoms with Crippen molar-refractivity contribution < 1.29 is 13.9 Å². The van der Waals surface area contributed by atoms with Crippen molar-refractivity contribution in [2.45, 2.75) is 31.8 Å². The second-order valence-corrected chi connectivity index (χ2v) is 5.37. The summed E-state index contributed by atoms with van der Waals surface area (Å²) in [6.45, 7) is 4.31. The van der Waals surface area contributed by atoms with Gasteiger partial charge >= 0.3 is 5.97 Å². The van der Waals surface area contributed by atoms with Crippen molar-refractivity contribution in [1.29, 1.82) is 0 Å². The summed E-state index contributed by atoms with van der Waals surface area (Å²) in [6.07, 6.45) is 3.43. The summed E-state index contributed by atoms with van der Waals surface area (Å²) >= 11 is 1.20. The first-order valence-corrected chi connectivity index (χ1v) is 7.65. The third kappa shape index (κ3) is 3.78. The first-order valence-electron chi connectivity index (χ1n) is 6.66. The number of furan rings is 1. The molecule has 0 fully saturated rings. The van der Waals surface area contributed by atoms with Crippen LogP contribution in [-0.2, 0) is 9.53 Å². The number of nitrogens with zero attached hydrogens (tertiary/aromatic N) is 3. The van der Waals surface area contributed by atoms with Gasteiger partial charge in [0.15, 0.2) is 5.82 Å². The van der Waals surface area contributed by atoms with Gasteiger partial charge in [-0.05, 0) is 19.4 Å². The van der Waals surface area contributed by atoms with Gasteiger partial charge in [0.05, 0.1) is 24.2 Å². The molecule has 2 N–H and O–H groups in total. The van der Waals surface area contributed by atoms with Crippen LogP contribution in [0.3, 0.4) is 0 Å². The molecule has 0 saturated heterocycles. The molecule has 0 aliphatic rings. The van der Waals surface area contributed by atoms with Crippen LogP contribution < -0.4 is 5.84 Å². The van der Waals surface area contributed by atoms with Crippen LogP contribution in [0.1, 0.15) is 25.5 Å².